The molecule has 2 atom stereocenters. The molecule has 2 rings (SSSR count). The van der Waals surface area contributed by atoms with Crippen molar-refractivity contribution >= 4 is 0 Å². The van der Waals surface area contributed by atoms with Crippen molar-refractivity contribution in [3.63, 3.8) is 0 Å². The Morgan fingerprint density at radius 2 is 2.38 bits per heavy atom. The molecule has 3 nitrogen and oxygen atoms in total. The number of ether oxygens (including phenoxy) is 2. The minimum Gasteiger partial charge on any atom is -0.497 e. The van der Waals surface area contributed by atoms with E-state index >= 15 is 0 Å². The standard InChI is InChI=1S/C13H19NO2/c1-9(14-2)6-12-8-10-7-11(15-3)4-5-13(10)16-12/h4-5,7,9,12,14H,6,8H2,1-3H3. The van der Waals surface area contributed by atoms with Gasteiger partial charge in [-0.25, -0.2) is 0 Å². The highest BCUT2D eigenvalue weighted by molar-refractivity contribution is 5.43. The van der Waals surface area contributed by atoms with Crippen LogP contribution in [0.4, 0.5) is 0 Å². The fourth-order valence-electron chi connectivity index (χ4n) is 2.07. The number of hydrogen-bond donors (Lipinski definition) is 1. The lowest BCUT2D eigenvalue weighted by Gasteiger charge is -2.15. The molecule has 0 aromatic heterocycles. The van der Waals surface area contributed by atoms with E-state index in [-0.39, 0.29) is 0 Å². The highest BCUT2D eigenvalue weighted by atomic mass is 16.5. The molecule has 0 spiro atoms. The van der Waals surface area contributed by atoms with Gasteiger partial charge in [0, 0.05) is 18.0 Å². The van der Waals surface area contributed by atoms with Crippen molar-refractivity contribution in [2.75, 3.05) is 14.2 Å². The third-order valence-electron chi connectivity index (χ3n) is 3.12. The zero-order chi connectivity index (χ0) is 11.5. The molecular weight excluding hydrogens is 202 g/mol. The summed E-state index contributed by atoms with van der Waals surface area (Å²) in [5.41, 5.74) is 1.26. The van der Waals surface area contributed by atoms with Gasteiger partial charge in [0.2, 0.25) is 0 Å². The van der Waals surface area contributed by atoms with Crippen LogP contribution in [0.2, 0.25) is 0 Å². The molecule has 16 heavy (non-hydrogen) atoms. The van der Waals surface area contributed by atoms with Crippen LogP contribution in [0.25, 0.3) is 0 Å². The summed E-state index contributed by atoms with van der Waals surface area (Å²) in [5, 5.41) is 3.24. The summed E-state index contributed by atoms with van der Waals surface area (Å²) < 4.78 is 11.1. The maximum absolute atomic E-state index is 5.88. The van der Waals surface area contributed by atoms with Gasteiger partial charge in [0.15, 0.2) is 0 Å². The van der Waals surface area contributed by atoms with E-state index in [0.717, 1.165) is 24.3 Å². The van der Waals surface area contributed by atoms with Crippen LogP contribution in [0.15, 0.2) is 18.2 Å². The Bertz CT molecular complexity index is 365. The van der Waals surface area contributed by atoms with Crippen LogP contribution >= 0.6 is 0 Å². The summed E-state index contributed by atoms with van der Waals surface area (Å²) in [6.07, 6.45) is 2.32. The normalized spacial score (nSPS) is 20.1. The summed E-state index contributed by atoms with van der Waals surface area (Å²) in [5.74, 6) is 1.92. The van der Waals surface area contributed by atoms with Gasteiger partial charge in [-0.2, -0.15) is 0 Å². The average Bonchev–Trinajstić information content (AvgIpc) is 2.69. The molecule has 0 saturated heterocycles. The Morgan fingerprint density at radius 3 is 3.06 bits per heavy atom. The van der Waals surface area contributed by atoms with Crippen LogP contribution in [0.3, 0.4) is 0 Å². The zero-order valence-electron chi connectivity index (χ0n) is 10.1. The minimum atomic E-state index is 0.296. The highest BCUT2D eigenvalue weighted by Gasteiger charge is 2.24. The van der Waals surface area contributed by atoms with Crippen molar-refractivity contribution in [3.05, 3.63) is 23.8 Å². The van der Waals surface area contributed by atoms with E-state index in [1.807, 2.05) is 19.2 Å². The van der Waals surface area contributed by atoms with Gasteiger partial charge < -0.3 is 14.8 Å². The molecule has 0 saturated carbocycles. The SMILES string of the molecule is CNC(C)CC1Cc2cc(OC)ccc2O1. The summed E-state index contributed by atoms with van der Waals surface area (Å²) in [7, 11) is 3.67. The largest absolute Gasteiger partial charge is 0.497 e. The number of hydrogen-bond acceptors (Lipinski definition) is 3. The van der Waals surface area contributed by atoms with E-state index in [1.165, 1.54) is 5.56 Å². The second kappa shape index (κ2) is 4.74. The molecule has 2 unspecified atom stereocenters. The zero-order valence-corrected chi connectivity index (χ0v) is 10.1. The lowest BCUT2D eigenvalue weighted by atomic mass is 10.0. The molecule has 88 valence electrons. The molecule has 0 bridgehead atoms. The number of nitrogens with one attached hydrogen (secondary N) is 1. The number of benzene rings is 1. The topological polar surface area (TPSA) is 30.5 Å². The van der Waals surface area contributed by atoms with Gasteiger partial charge in [-0.1, -0.05) is 0 Å². The van der Waals surface area contributed by atoms with Crippen molar-refractivity contribution in [3.8, 4) is 11.5 Å². The molecule has 0 radical (unpaired) electrons. The summed E-state index contributed by atoms with van der Waals surface area (Å²) in [6.45, 7) is 2.17. The molecule has 1 aromatic carbocycles. The fraction of sp³-hybridized carbons (Fsp3) is 0.538. The quantitative estimate of drug-likeness (QED) is 0.843. The van der Waals surface area contributed by atoms with Crippen molar-refractivity contribution in [1.29, 1.82) is 0 Å². The van der Waals surface area contributed by atoms with Crippen molar-refractivity contribution < 1.29 is 9.47 Å². The van der Waals surface area contributed by atoms with Crippen LogP contribution in [0.1, 0.15) is 18.9 Å². The average molecular weight is 221 g/mol. The first-order chi connectivity index (χ1) is 7.72. The molecule has 1 heterocycles. The maximum Gasteiger partial charge on any atom is 0.123 e. The highest BCUT2D eigenvalue weighted by Crippen LogP contribution is 2.33. The van der Waals surface area contributed by atoms with E-state index in [1.54, 1.807) is 7.11 Å². The van der Waals surface area contributed by atoms with E-state index in [0.29, 0.717) is 12.1 Å². The third-order valence-corrected chi connectivity index (χ3v) is 3.12. The number of fused-ring (bicyclic) bond motifs is 1. The van der Waals surface area contributed by atoms with Gasteiger partial charge in [-0.15, -0.1) is 0 Å². The van der Waals surface area contributed by atoms with E-state index in [9.17, 15) is 0 Å². The van der Waals surface area contributed by atoms with Crippen LogP contribution in [-0.4, -0.2) is 26.3 Å². The third kappa shape index (κ3) is 2.30. The molecule has 0 amide bonds. The molecule has 0 aliphatic carbocycles. The van der Waals surface area contributed by atoms with Gasteiger partial charge in [0.1, 0.15) is 17.6 Å². The van der Waals surface area contributed by atoms with E-state index < -0.39 is 0 Å². The predicted molar refractivity (Wildman–Crippen MR) is 64.3 cm³/mol. The minimum absolute atomic E-state index is 0.296. The smallest absolute Gasteiger partial charge is 0.123 e. The lowest BCUT2D eigenvalue weighted by Crippen LogP contribution is -2.28. The summed E-state index contributed by atoms with van der Waals surface area (Å²) in [6, 6.07) is 6.50. The van der Waals surface area contributed by atoms with Crippen molar-refractivity contribution in [2.24, 2.45) is 0 Å². The molecule has 1 N–H and O–H groups in total. The van der Waals surface area contributed by atoms with Crippen molar-refractivity contribution in [2.45, 2.75) is 31.9 Å². The molecular formula is C13H19NO2. The Hall–Kier alpha value is -1.22. The van der Waals surface area contributed by atoms with E-state index in [2.05, 4.69) is 18.3 Å². The second-order valence-electron chi connectivity index (χ2n) is 4.34. The molecule has 3 heteroatoms. The van der Waals surface area contributed by atoms with Gasteiger partial charge in [0.25, 0.3) is 0 Å². The Labute approximate surface area is 96.8 Å². The van der Waals surface area contributed by atoms with Gasteiger partial charge in [-0.3, -0.25) is 0 Å². The Kier molecular flexibility index (Phi) is 3.34. The van der Waals surface area contributed by atoms with Gasteiger partial charge in [-0.05, 0) is 38.6 Å². The first kappa shape index (κ1) is 11.3. The first-order valence-electron chi connectivity index (χ1n) is 5.73. The summed E-state index contributed by atoms with van der Waals surface area (Å²) in [4.78, 5) is 0. The Balaban J connectivity index is 2.03. The van der Waals surface area contributed by atoms with Crippen LogP contribution in [-0.2, 0) is 6.42 Å². The van der Waals surface area contributed by atoms with Gasteiger partial charge in [0.05, 0.1) is 7.11 Å². The monoisotopic (exact) mass is 221 g/mol. The summed E-state index contributed by atoms with van der Waals surface area (Å²) >= 11 is 0. The number of rotatable bonds is 4. The second-order valence-corrected chi connectivity index (χ2v) is 4.34. The first-order valence-corrected chi connectivity index (χ1v) is 5.73. The lowest BCUT2D eigenvalue weighted by molar-refractivity contribution is 0.207. The fourth-order valence-corrected chi connectivity index (χ4v) is 2.07. The van der Waals surface area contributed by atoms with E-state index in [4.69, 9.17) is 9.47 Å². The maximum atomic E-state index is 5.88. The van der Waals surface area contributed by atoms with Crippen LogP contribution in [0, 0.1) is 0 Å². The Morgan fingerprint density at radius 1 is 1.56 bits per heavy atom. The van der Waals surface area contributed by atoms with Crippen molar-refractivity contribution in [1.82, 2.24) is 5.32 Å². The van der Waals surface area contributed by atoms with Gasteiger partial charge >= 0.3 is 0 Å². The predicted octanol–water partition coefficient (Wildman–Crippen LogP) is 2.00. The molecule has 1 aliphatic rings. The molecule has 1 aromatic rings. The molecule has 1 aliphatic heterocycles. The number of methoxy groups -OCH3 is 1. The molecule has 0 fully saturated rings. The van der Waals surface area contributed by atoms with Crippen LogP contribution in [0.5, 0.6) is 11.5 Å². The van der Waals surface area contributed by atoms with Crippen LogP contribution < -0.4 is 14.8 Å².